The molecule has 1 aromatic rings. The molecule has 100 valence electrons. The van der Waals surface area contributed by atoms with Crippen molar-refractivity contribution in [3.05, 3.63) is 17.5 Å². The summed E-state index contributed by atoms with van der Waals surface area (Å²) < 4.78 is 0. The lowest BCUT2D eigenvalue weighted by atomic mass is 9.77. The molecule has 1 heterocycles. The topological polar surface area (TPSA) is 25.8 Å². The van der Waals surface area contributed by atoms with Crippen molar-refractivity contribution < 1.29 is 0 Å². The number of rotatable bonds is 4. The molecule has 0 bridgehead atoms. The monoisotopic (exact) mass is 282 g/mol. The van der Waals surface area contributed by atoms with Crippen molar-refractivity contribution in [3.63, 3.8) is 0 Å². The van der Waals surface area contributed by atoms with Crippen LogP contribution in [0.1, 0.15) is 43.5 Å². The lowest BCUT2D eigenvalue weighted by molar-refractivity contribution is 0.258. The molecule has 0 spiro atoms. The van der Waals surface area contributed by atoms with Crippen LogP contribution in [0, 0.1) is 19.3 Å². The molecule has 0 unspecified atom stereocenters. The summed E-state index contributed by atoms with van der Waals surface area (Å²) in [5, 5.41) is 0.930. The Kier molecular flexibility index (Phi) is 4.96. The van der Waals surface area contributed by atoms with Crippen molar-refractivity contribution in [2.24, 2.45) is 5.41 Å². The lowest BCUT2D eigenvalue weighted by Crippen LogP contribution is -2.28. The van der Waals surface area contributed by atoms with E-state index in [2.05, 4.69) is 22.6 Å². The first-order valence-corrected chi connectivity index (χ1v) is 8.31. The van der Waals surface area contributed by atoms with Gasteiger partial charge in [0.05, 0.1) is 0 Å². The molecule has 0 amide bonds. The molecule has 0 N–H and O–H groups in total. The molecule has 1 aliphatic rings. The molecular formula is C14H22N2S2. The van der Waals surface area contributed by atoms with Gasteiger partial charge in [-0.15, -0.1) is 0 Å². The Bertz CT molecular complexity index is 381. The maximum absolute atomic E-state index is 4.58. The zero-order valence-electron chi connectivity index (χ0n) is 11.3. The van der Waals surface area contributed by atoms with Crippen LogP contribution in [0.2, 0.25) is 0 Å². The lowest BCUT2D eigenvalue weighted by Gasteiger charge is -2.35. The first-order valence-electron chi connectivity index (χ1n) is 6.70. The van der Waals surface area contributed by atoms with Crippen molar-refractivity contribution in [1.29, 1.82) is 0 Å². The van der Waals surface area contributed by atoms with E-state index in [-0.39, 0.29) is 0 Å². The van der Waals surface area contributed by atoms with Crippen molar-refractivity contribution in [3.8, 4) is 0 Å². The number of thioether (sulfide) groups is 1. The molecule has 0 radical (unpaired) electrons. The Morgan fingerprint density at radius 3 is 2.33 bits per heavy atom. The molecule has 0 aliphatic heterocycles. The van der Waals surface area contributed by atoms with Gasteiger partial charge in [-0.25, -0.2) is 9.97 Å². The van der Waals surface area contributed by atoms with Gasteiger partial charge in [0.1, 0.15) is 0 Å². The van der Waals surface area contributed by atoms with Gasteiger partial charge in [-0.2, -0.15) is 12.6 Å². The fourth-order valence-electron chi connectivity index (χ4n) is 2.63. The molecule has 1 aliphatic carbocycles. The number of nitrogens with zero attached hydrogens (tertiary/aromatic N) is 2. The van der Waals surface area contributed by atoms with E-state index in [0.717, 1.165) is 28.0 Å². The summed E-state index contributed by atoms with van der Waals surface area (Å²) in [5.74, 6) is 2.10. The fraction of sp³-hybridized carbons (Fsp3) is 0.714. The predicted molar refractivity (Wildman–Crippen MR) is 81.6 cm³/mol. The van der Waals surface area contributed by atoms with Crippen molar-refractivity contribution >= 4 is 24.4 Å². The number of hydrogen-bond donors (Lipinski definition) is 1. The van der Waals surface area contributed by atoms with Gasteiger partial charge < -0.3 is 0 Å². The summed E-state index contributed by atoms with van der Waals surface area (Å²) in [4.78, 5) is 9.02. The average molecular weight is 282 g/mol. The average Bonchev–Trinajstić information content (AvgIpc) is 2.36. The van der Waals surface area contributed by atoms with Crippen LogP contribution in [0.5, 0.6) is 0 Å². The van der Waals surface area contributed by atoms with Crippen LogP contribution in [-0.4, -0.2) is 21.5 Å². The molecule has 1 saturated carbocycles. The third-order valence-corrected chi connectivity index (χ3v) is 5.59. The summed E-state index contributed by atoms with van der Waals surface area (Å²) in [7, 11) is 0. The standard InChI is InChI=1S/C14H22N2S2/c1-11-8-12(2)16-13(15-11)18-10-14(9-17)6-4-3-5-7-14/h8,17H,3-7,9-10H2,1-2H3. The van der Waals surface area contributed by atoms with Crippen LogP contribution in [0.25, 0.3) is 0 Å². The van der Waals surface area contributed by atoms with Crippen molar-refractivity contribution in [2.45, 2.75) is 51.1 Å². The molecule has 0 atom stereocenters. The van der Waals surface area contributed by atoms with Crippen LogP contribution in [0.3, 0.4) is 0 Å². The van der Waals surface area contributed by atoms with E-state index >= 15 is 0 Å². The van der Waals surface area contributed by atoms with Gasteiger partial charge in [-0.1, -0.05) is 31.0 Å². The van der Waals surface area contributed by atoms with Crippen LogP contribution >= 0.6 is 24.4 Å². The highest BCUT2D eigenvalue weighted by Gasteiger charge is 2.31. The normalized spacial score (nSPS) is 18.8. The van der Waals surface area contributed by atoms with Gasteiger partial charge in [-0.05, 0) is 43.9 Å². The molecule has 2 nitrogen and oxygen atoms in total. The van der Waals surface area contributed by atoms with Crippen LogP contribution < -0.4 is 0 Å². The molecule has 18 heavy (non-hydrogen) atoms. The van der Waals surface area contributed by atoms with Crippen LogP contribution in [0.4, 0.5) is 0 Å². The van der Waals surface area contributed by atoms with E-state index < -0.39 is 0 Å². The largest absolute Gasteiger partial charge is 0.228 e. The highest BCUT2D eigenvalue weighted by Crippen LogP contribution is 2.40. The highest BCUT2D eigenvalue weighted by molar-refractivity contribution is 7.99. The minimum absolute atomic E-state index is 0.410. The molecule has 2 rings (SSSR count). The second kappa shape index (κ2) is 6.29. The van der Waals surface area contributed by atoms with E-state index in [1.54, 1.807) is 0 Å². The minimum atomic E-state index is 0.410. The summed E-state index contributed by atoms with van der Waals surface area (Å²) in [6.07, 6.45) is 6.73. The quantitative estimate of drug-likeness (QED) is 0.512. The zero-order chi connectivity index (χ0) is 13.0. The van der Waals surface area contributed by atoms with E-state index in [4.69, 9.17) is 0 Å². The molecule has 4 heteroatoms. The molecular weight excluding hydrogens is 260 g/mol. The van der Waals surface area contributed by atoms with Crippen molar-refractivity contribution in [2.75, 3.05) is 11.5 Å². The number of thiol groups is 1. The van der Waals surface area contributed by atoms with Crippen LogP contribution in [-0.2, 0) is 0 Å². The third kappa shape index (κ3) is 3.64. The Labute approximate surface area is 120 Å². The summed E-state index contributed by atoms with van der Waals surface area (Å²) in [5.41, 5.74) is 2.54. The van der Waals surface area contributed by atoms with Gasteiger partial charge >= 0.3 is 0 Å². The van der Waals surface area contributed by atoms with Gasteiger partial charge in [0.15, 0.2) is 5.16 Å². The van der Waals surface area contributed by atoms with E-state index in [1.165, 1.54) is 32.1 Å². The maximum Gasteiger partial charge on any atom is 0.187 e. The summed E-state index contributed by atoms with van der Waals surface area (Å²) in [6, 6.07) is 2.03. The highest BCUT2D eigenvalue weighted by atomic mass is 32.2. The minimum Gasteiger partial charge on any atom is -0.228 e. The second-order valence-electron chi connectivity index (χ2n) is 5.44. The number of aryl methyl sites for hydroxylation is 2. The summed E-state index contributed by atoms with van der Waals surface area (Å²) in [6.45, 7) is 4.07. The van der Waals surface area contributed by atoms with Gasteiger partial charge in [-0.3, -0.25) is 0 Å². The smallest absolute Gasteiger partial charge is 0.187 e. The first kappa shape index (κ1) is 14.2. The molecule has 0 aromatic carbocycles. The summed E-state index contributed by atoms with van der Waals surface area (Å²) >= 11 is 6.39. The Morgan fingerprint density at radius 1 is 1.17 bits per heavy atom. The van der Waals surface area contributed by atoms with Gasteiger partial charge in [0, 0.05) is 17.1 Å². The Morgan fingerprint density at radius 2 is 1.78 bits per heavy atom. The number of hydrogen-bond acceptors (Lipinski definition) is 4. The predicted octanol–water partition coefficient (Wildman–Crippen LogP) is 4.07. The third-order valence-electron chi connectivity index (χ3n) is 3.72. The fourth-order valence-corrected chi connectivity index (χ4v) is 4.45. The van der Waals surface area contributed by atoms with Gasteiger partial charge in [0.2, 0.25) is 0 Å². The number of aromatic nitrogens is 2. The zero-order valence-corrected chi connectivity index (χ0v) is 13.0. The second-order valence-corrected chi connectivity index (χ2v) is 6.70. The first-order chi connectivity index (χ1) is 8.63. The van der Waals surface area contributed by atoms with E-state index in [1.807, 2.05) is 31.7 Å². The molecule has 1 fully saturated rings. The Hall–Kier alpha value is -0.220. The van der Waals surface area contributed by atoms with E-state index in [0.29, 0.717) is 5.41 Å². The Balaban J connectivity index is 2.00. The molecule has 0 saturated heterocycles. The maximum atomic E-state index is 4.58. The SMILES string of the molecule is Cc1cc(C)nc(SCC2(CS)CCCCC2)n1. The molecule has 1 aromatic heterocycles. The van der Waals surface area contributed by atoms with Gasteiger partial charge in [0.25, 0.3) is 0 Å². The van der Waals surface area contributed by atoms with Crippen molar-refractivity contribution in [1.82, 2.24) is 9.97 Å². The van der Waals surface area contributed by atoms with Crippen LogP contribution in [0.15, 0.2) is 11.2 Å². The van der Waals surface area contributed by atoms with E-state index in [9.17, 15) is 0 Å².